The van der Waals surface area contributed by atoms with Gasteiger partial charge in [-0.3, -0.25) is 0 Å². The molecule has 1 atom stereocenters. The fourth-order valence-electron chi connectivity index (χ4n) is 3.48. The number of rotatable bonds is 9. The van der Waals surface area contributed by atoms with Crippen LogP contribution in [0.15, 0.2) is 0 Å². The SMILES string of the molecule is CCC(CC)(CNCC(C)C)CN1CCCC(N(C)C)C1. The number of piperidine rings is 1. The lowest BCUT2D eigenvalue weighted by atomic mass is 9.81. The molecule has 3 nitrogen and oxygen atoms in total. The Morgan fingerprint density at radius 1 is 1.24 bits per heavy atom. The Hall–Kier alpha value is -0.120. The standard InChI is InChI=1S/C18H39N3/c1-7-18(8-2,14-19-12-16(3)4)15-21-11-9-10-17(13-21)20(5)6/h16-17,19H,7-15H2,1-6H3. The van der Waals surface area contributed by atoms with Gasteiger partial charge in [-0.1, -0.05) is 27.7 Å². The Morgan fingerprint density at radius 2 is 1.90 bits per heavy atom. The largest absolute Gasteiger partial charge is 0.316 e. The molecule has 1 saturated heterocycles. The van der Waals surface area contributed by atoms with Gasteiger partial charge in [0.25, 0.3) is 0 Å². The maximum atomic E-state index is 3.71. The average Bonchev–Trinajstić information content (AvgIpc) is 2.46. The molecule has 1 aliphatic rings. The summed E-state index contributed by atoms with van der Waals surface area (Å²) < 4.78 is 0. The second-order valence-electron chi connectivity index (χ2n) is 7.73. The summed E-state index contributed by atoms with van der Waals surface area (Å²) in [4.78, 5) is 5.13. The molecule has 1 fully saturated rings. The summed E-state index contributed by atoms with van der Waals surface area (Å²) in [7, 11) is 4.45. The van der Waals surface area contributed by atoms with Gasteiger partial charge >= 0.3 is 0 Å². The van der Waals surface area contributed by atoms with Crippen LogP contribution in [0.4, 0.5) is 0 Å². The highest BCUT2D eigenvalue weighted by Crippen LogP contribution is 2.28. The number of hydrogen-bond donors (Lipinski definition) is 1. The van der Waals surface area contributed by atoms with Crippen molar-refractivity contribution >= 4 is 0 Å². The third-order valence-electron chi connectivity index (χ3n) is 5.32. The Labute approximate surface area is 133 Å². The third-order valence-corrected chi connectivity index (χ3v) is 5.32. The van der Waals surface area contributed by atoms with Crippen LogP contribution in [0.25, 0.3) is 0 Å². The predicted octanol–water partition coefficient (Wildman–Crippen LogP) is 3.06. The number of likely N-dealkylation sites (tertiary alicyclic amines) is 1. The molecule has 126 valence electrons. The van der Waals surface area contributed by atoms with Gasteiger partial charge in [-0.25, -0.2) is 0 Å². The first-order valence-electron chi connectivity index (χ1n) is 9.02. The minimum absolute atomic E-state index is 0.448. The van der Waals surface area contributed by atoms with E-state index in [0.29, 0.717) is 5.41 Å². The third kappa shape index (κ3) is 6.25. The van der Waals surface area contributed by atoms with Crippen molar-refractivity contribution in [1.29, 1.82) is 0 Å². The van der Waals surface area contributed by atoms with Gasteiger partial charge in [0.05, 0.1) is 0 Å². The zero-order valence-corrected chi connectivity index (χ0v) is 15.4. The van der Waals surface area contributed by atoms with Crippen molar-refractivity contribution in [2.75, 3.05) is 46.8 Å². The van der Waals surface area contributed by atoms with Crippen molar-refractivity contribution in [2.45, 2.75) is 59.4 Å². The van der Waals surface area contributed by atoms with Crippen molar-refractivity contribution in [1.82, 2.24) is 15.1 Å². The van der Waals surface area contributed by atoms with Gasteiger partial charge in [-0.2, -0.15) is 0 Å². The summed E-state index contributed by atoms with van der Waals surface area (Å²) in [5.74, 6) is 0.740. The summed E-state index contributed by atoms with van der Waals surface area (Å²) in [6.45, 7) is 15.4. The molecule has 1 unspecified atom stereocenters. The van der Waals surface area contributed by atoms with Crippen molar-refractivity contribution in [3.8, 4) is 0 Å². The first-order chi connectivity index (χ1) is 9.92. The van der Waals surface area contributed by atoms with E-state index in [2.05, 4.69) is 56.9 Å². The van der Waals surface area contributed by atoms with Crippen LogP contribution in [0.2, 0.25) is 0 Å². The highest BCUT2D eigenvalue weighted by molar-refractivity contribution is 4.87. The molecule has 0 aromatic heterocycles. The second kappa shape index (κ2) is 9.12. The van der Waals surface area contributed by atoms with Crippen LogP contribution < -0.4 is 5.32 Å². The monoisotopic (exact) mass is 297 g/mol. The highest BCUT2D eigenvalue weighted by Gasteiger charge is 2.31. The van der Waals surface area contributed by atoms with Crippen LogP contribution in [0.1, 0.15) is 53.4 Å². The van der Waals surface area contributed by atoms with Gasteiger partial charge in [0.15, 0.2) is 0 Å². The molecule has 0 aliphatic carbocycles. The lowest BCUT2D eigenvalue weighted by Gasteiger charge is -2.42. The molecule has 0 amide bonds. The molecule has 1 rings (SSSR count). The molecular formula is C18H39N3. The molecule has 1 N–H and O–H groups in total. The highest BCUT2D eigenvalue weighted by atomic mass is 15.2. The van der Waals surface area contributed by atoms with E-state index in [9.17, 15) is 0 Å². The van der Waals surface area contributed by atoms with Crippen molar-refractivity contribution < 1.29 is 0 Å². The van der Waals surface area contributed by atoms with Gasteiger partial charge in [-0.15, -0.1) is 0 Å². The molecule has 3 heteroatoms. The predicted molar refractivity (Wildman–Crippen MR) is 93.9 cm³/mol. The van der Waals surface area contributed by atoms with Gasteiger partial charge in [0, 0.05) is 25.7 Å². The number of likely N-dealkylation sites (N-methyl/N-ethyl adjacent to an activating group) is 1. The van der Waals surface area contributed by atoms with E-state index < -0.39 is 0 Å². The average molecular weight is 298 g/mol. The van der Waals surface area contributed by atoms with Gasteiger partial charge in [0.2, 0.25) is 0 Å². The van der Waals surface area contributed by atoms with Gasteiger partial charge in [-0.05, 0) is 64.2 Å². The first-order valence-corrected chi connectivity index (χ1v) is 9.02. The van der Waals surface area contributed by atoms with Crippen molar-refractivity contribution in [3.63, 3.8) is 0 Å². The Balaban J connectivity index is 2.55. The molecular weight excluding hydrogens is 258 g/mol. The summed E-state index contributed by atoms with van der Waals surface area (Å²) in [6.07, 6.45) is 5.27. The van der Waals surface area contributed by atoms with Crippen LogP contribution in [-0.2, 0) is 0 Å². The molecule has 0 aromatic rings. The molecule has 0 radical (unpaired) electrons. The van der Waals surface area contributed by atoms with Gasteiger partial charge in [0.1, 0.15) is 0 Å². The van der Waals surface area contributed by atoms with Crippen LogP contribution in [0.3, 0.4) is 0 Å². The van der Waals surface area contributed by atoms with Crippen LogP contribution >= 0.6 is 0 Å². The topological polar surface area (TPSA) is 18.5 Å². The quantitative estimate of drug-likeness (QED) is 0.705. The van der Waals surface area contributed by atoms with Gasteiger partial charge < -0.3 is 15.1 Å². The lowest BCUT2D eigenvalue weighted by molar-refractivity contribution is 0.0775. The summed E-state index contributed by atoms with van der Waals surface area (Å²) in [6, 6.07) is 0.744. The van der Waals surface area contributed by atoms with E-state index in [4.69, 9.17) is 0 Å². The minimum atomic E-state index is 0.448. The lowest BCUT2D eigenvalue weighted by Crippen LogP contribution is -2.51. The van der Waals surface area contributed by atoms with Crippen LogP contribution in [-0.4, -0.2) is 62.7 Å². The van der Waals surface area contributed by atoms with E-state index in [1.54, 1.807) is 0 Å². The zero-order chi connectivity index (χ0) is 15.9. The van der Waals surface area contributed by atoms with E-state index in [0.717, 1.165) is 18.5 Å². The van der Waals surface area contributed by atoms with Crippen LogP contribution in [0.5, 0.6) is 0 Å². The van der Waals surface area contributed by atoms with Crippen LogP contribution in [0, 0.1) is 11.3 Å². The fourth-order valence-corrected chi connectivity index (χ4v) is 3.48. The minimum Gasteiger partial charge on any atom is -0.316 e. The normalized spacial score (nSPS) is 21.4. The molecule has 0 aromatic carbocycles. The Bertz CT molecular complexity index is 272. The molecule has 1 heterocycles. The number of nitrogens with zero attached hydrogens (tertiary/aromatic N) is 2. The summed E-state index contributed by atoms with van der Waals surface area (Å²) >= 11 is 0. The fraction of sp³-hybridized carbons (Fsp3) is 1.00. The number of hydrogen-bond acceptors (Lipinski definition) is 3. The summed E-state index contributed by atoms with van der Waals surface area (Å²) in [5.41, 5.74) is 0.448. The number of nitrogens with one attached hydrogen (secondary N) is 1. The van der Waals surface area contributed by atoms with E-state index in [1.807, 2.05) is 0 Å². The van der Waals surface area contributed by atoms with Crippen molar-refractivity contribution in [3.05, 3.63) is 0 Å². The molecule has 0 saturated carbocycles. The second-order valence-corrected chi connectivity index (χ2v) is 7.73. The molecule has 1 aliphatic heterocycles. The first kappa shape index (κ1) is 18.9. The van der Waals surface area contributed by atoms with E-state index in [1.165, 1.54) is 51.9 Å². The van der Waals surface area contributed by atoms with E-state index >= 15 is 0 Å². The molecule has 0 bridgehead atoms. The molecule has 21 heavy (non-hydrogen) atoms. The smallest absolute Gasteiger partial charge is 0.0217 e. The Morgan fingerprint density at radius 3 is 2.43 bits per heavy atom. The van der Waals surface area contributed by atoms with E-state index in [-0.39, 0.29) is 0 Å². The maximum absolute atomic E-state index is 3.71. The Kier molecular flexibility index (Phi) is 8.22. The maximum Gasteiger partial charge on any atom is 0.0217 e. The zero-order valence-electron chi connectivity index (χ0n) is 15.4. The van der Waals surface area contributed by atoms with Crippen molar-refractivity contribution in [2.24, 2.45) is 11.3 Å². The molecule has 0 spiro atoms. The summed E-state index contributed by atoms with van der Waals surface area (Å²) in [5, 5.41) is 3.71.